The van der Waals surface area contributed by atoms with Gasteiger partial charge in [-0.1, -0.05) is 45.7 Å². The van der Waals surface area contributed by atoms with Crippen LogP contribution in [0.15, 0.2) is 34.8 Å². The summed E-state index contributed by atoms with van der Waals surface area (Å²) in [4.78, 5) is 1.46. The minimum atomic E-state index is 0.320. The van der Waals surface area contributed by atoms with E-state index in [9.17, 15) is 0 Å². The molecule has 0 saturated heterocycles. The zero-order valence-electron chi connectivity index (χ0n) is 11.3. The molecule has 3 rings (SSSR count). The Labute approximate surface area is 137 Å². The summed E-state index contributed by atoms with van der Waals surface area (Å²) in [7, 11) is 0. The molecule has 0 fully saturated rings. The predicted octanol–water partition coefficient (Wildman–Crippen LogP) is 5.89. The minimum Gasteiger partial charge on any atom is -0.303 e. The van der Waals surface area contributed by atoms with E-state index in [1.54, 1.807) is 11.3 Å². The highest BCUT2D eigenvalue weighted by Crippen LogP contribution is 2.39. The first-order valence-corrected chi connectivity index (χ1v) is 8.92. The largest absolute Gasteiger partial charge is 0.303 e. The second-order valence-electron chi connectivity index (χ2n) is 5.28. The predicted molar refractivity (Wildman–Crippen MR) is 90.7 cm³/mol. The van der Waals surface area contributed by atoms with Crippen LogP contribution < -0.4 is 5.32 Å². The number of halogens is 2. The van der Waals surface area contributed by atoms with Gasteiger partial charge < -0.3 is 5.32 Å². The van der Waals surface area contributed by atoms with Gasteiger partial charge in [0.25, 0.3) is 0 Å². The van der Waals surface area contributed by atoms with Crippen molar-refractivity contribution in [3.63, 3.8) is 0 Å². The molecule has 0 amide bonds. The summed E-state index contributed by atoms with van der Waals surface area (Å²) >= 11 is 11.6. The van der Waals surface area contributed by atoms with Gasteiger partial charge in [-0.15, -0.1) is 11.3 Å². The van der Waals surface area contributed by atoms with Crippen molar-refractivity contribution in [1.29, 1.82) is 0 Å². The number of fused-ring (bicyclic) bond motifs is 1. The molecule has 0 aliphatic heterocycles. The fourth-order valence-corrected chi connectivity index (χ4v) is 4.92. The molecular weight excluding hydrogens is 354 g/mol. The molecule has 1 aliphatic rings. The van der Waals surface area contributed by atoms with Crippen LogP contribution in [0.4, 0.5) is 0 Å². The van der Waals surface area contributed by atoms with Gasteiger partial charge in [-0.25, -0.2) is 0 Å². The third kappa shape index (κ3) is 2.96. The summed E-state index contributed by atoms with van der Waals surface area (Å²) in [6.07, 6.45) is 3.60. The average Bonchev–Trinajstić information content (AvgIpc) is 2.80. The average molecular weight is 371 g/mol. The Morgan fingerprint density at radius 1 is 1.40 bits per heavy atom. The zero-order valence-corrected chi connectivity index (χ0v) is 14.5. The van der Waals surface area contributed by atoms with Gasteiger partial charge in [0.15, 0.2) is 0 Å². The molecule has 0 saturated carbocycles. The van der Waals surface area contributed by atoms with Gasteiger partial charge in [0.1, 0.15) is 0 Å². The fraction of sp³-hybridized carbons (Fsp3) is 0.375. The lowest BCUT2D eigenvalue weighted by atomic mass is 9.93. The molecule has 20 heavy (non-hydrogen) atoms. The van der Waals surface area contributed by atoms with Gasteiger partial charge in [-0.05, 0) is 49.4 Å². The quantitative estimate of drug-likeness (QED) is 0.710. The highest BCUT2D eigenvalue weighted by molar-refractivity contribution is 9.10. The van der Waals surface area contributed by atoms with Crippen molar-refractivity contribution >= 4 is 38.9 Å². The Morgan fingerprint density at radius 3 is 3.00 bits per heavy atom. The molecule has 2 atom stereocenters. The van der Waals surface area contributed by atoms with E-state index in [-0.39, 0.29) is 0 Å². The number of aryl methyl sites for hydroxylation is 1. The van der Waals surface area contributed by atoms with E-state index < -0.39 is 0 Å². The van der Waals surface area contributed by atoms with Crippen molar-refractivity contribution in [3.8, 4) is 0 Å². The van der Waals surface area contributed by atoms with E-state index in [0.717, 1.165) is 4.34 Å². The van der Waals surface area contributed by atoms with Gasteiger partial charge in [-0.2, -0.15) is 0 Å². The fourth-order valence-electron chi connectivity index (χ4n) is 2.91. The second-order valence-corrected chi connectivity index (χ2v) is 7.91. The molecule has 1 aromatic heterocycles. The molecule has 1 heterocycles. The van der Waals surface area contributed by atoms with Gasteiger partial charge in [0.05, 0.1) is 4.34 Å². The molecule has 1 N–H and O–H groups in total. The standard InChI is InChI=1S/C16H17BrClNS/c1-10(11-5-2-3-6-13(11)17)19-14-7-4-8-15-12(14)9-16(18)20-15/h2-3,5-6,9-10,14,19H,4,7-8H2,1H3. The third-order valence-corrected chi connectivity index (χ3v) is 5.97. The molecule has 0 bridgehead atoms. The molecule has 106 valence electrons. The molecule has 4 heteroatoms. The van der Waals surface area contributed by atoms with Crippen LogP contribution >= 0.6 is 38.9 Å². The van der Waals surface area contributed by atoms with E-state index >= 15 is 0 Å². The Morgan fingerprint density at radius 2 is 2.20 bits per heavy atom. The number of thiophene rings is 1. The first kappa shape index (κ1) is 14.6. The Hall–Kier alpha value is -0.350. The van der Waals surface area contributed by atoms with Gasteiger partial charge in [0.2, 0.25) is 0 Å². The maximum atomic E-state index is 6.18. The molecule has 1 nitrogen and oxygen atoms in total. The van der Waals surface area contributed by atoms with Crippen LogP contribution in [0.1, 0.15) is 47.9 Å². The summed E-state index contributed by atoms with van der Waals surface area (Å²) in [5, 5.41) is 3.76. The third-order valence-electron chi connectivity index (χ3n) is 3.91. The molecule has 1 aliphatic carbocycles. The topological polar surface area (TPSA) is 12.0 Å². The van der Waals surface area contributed by atoms with Gasteiger partial charge in [-0.3, -0.25) is 0 Å². The summed E-state index contributed by atoms with van der Waals surface area (Å²) in [5.41, 5.74) is 2.71. The van der Waals surface area contributed by atoms with E-state index in [4.69, 9.17) is 11.6 Å². The highest BCUT2D eigenvalue weighted by Gasteiger charge is 2.24. The van der Waals surface area contributed by atoms with Crippen molar-refractivity contribution < 1.29 is 0 Å². The van der Waals surface area contributed by atoms with E-state index in [0.29, 0.717) is 12.1 Å². The van der Waals surface area contributed by atoms with Crippen LogP contribution in [0, 0.1) is 0 Å². The Bertz CT molecular complexity index is 610. The monoisotopic (exact) mass is 369 g/mol. The first-order valence-electron chi connectivity index (χ1n) is 6.93. The van der Waals surface area contributed by atoms with Crippen molar-refractivity contribution in [1.82, 2.24) is 5.32 Å². The summed E-state index contributed by atoms with van der Waals surface area (Å²) in [5.74, 6) is 0. The van der Waals surface area contributed by atoms with E-state index in [1.807, 2.05) is 0 Å². The van der Waals surface area contributed by atoms with Crippen molar-refractivity contribution in [2.45, 2.75) is 38.3 Å². The Kier molecular flexibility index (Phi) is 4.51. The maximum Gasteiger partial charge on any atom is 0.0934 e. The number of hydrogen-bond donors (Lipinski definition) is 1. The SMILES string of the molecule is CC(NC1CCCc2sc(Cl)cc21)c1ccccc1Br. The van der Waals surface area contributed by atoms with Crippen molar-refractivity contribution in [2.75, 3.05) is 0 Å². The number of nitrogens with one attached hydrogen (secondary N) is 1. The molecule has 0 spiro atoms. The van der Waals surface area contributed by atoms with Crippen LogP contribution in [-0.4, -0.2) is 0 Å². The number of hydrogen-bond acceptors (Lipinski definition) is 2. The second kappa shape index (κ2) is 6.18. The lowest BCUT2D eigenvalue weighted by Gasteiger charge is -2.27. The van der Waals surface area contributed by atoms with Crippen LogP contribution in [0.3, 0.4) is 0 Å². The van der Waals surface area contributed by atoms with Gasteiger partial charge in [0, 0.05) is 21.4 Å². The molecular formula is C16H17BrClNS. The smallest absolute Gasteiger partial charge is 0.0934 e. The lowest BCUT2D eigenvalue weighted by molar-refractivity contribution is 0.417. The van der Waals surface area contributed by atoms with Crippen LogP contribution in [-0.2, 0) is 6.42 Å². The molecule has 0 radical (unpaired) electrons. The number of benzene rings is 1. The van der Waals surface area contributed by atoms with Crippen LogP contribution in [0.25, 0.3) is 0 Å². The normalized spacial score (nSPS) is 19.6. The summed E-state index contributed by atoms with van der Waals surface area (Å²) < 4.78 is 2.08. The summed E-state index contributed by atoms with van der Waals surface area (Å²) in [6, 6.07) is 11.3. The summed E-state index contributed by atoms with van der Waals surface area (Å²) in [6.45, 7) is 2.22. The maximum absolute atomic E-state index is 6.18. The van der Waals surface area contributed by atoms with Crippen LogP contribution in [0.5, 0.6) is 0 Å². The molecule has 1 aromatic carbocycles. The minimum absolute atomic E-state index is 0.320. The van der Waals surface area contributed by atoms with Gasteiger partial charge >= 0.3 is 0 Å². The zero-order chi connectivity index (χ0) is 14.1. The molecule has 2 aromatic rings. The van der Waals surface area contributed by atoms with E-state index in [2.05, 4.69) is 58.5 Å². The van der Waals surface area contributed by atoms with E-state index in [1.165, 1.54) is 39.7 Å². The highest BCUT2D eigenvalue weighted by atomic mass is 79.9. The molecule has 2 unspecified atom stereocenters. The number of rotatable bonds is 3. The van der Waals surface area contributed by atoms with Crippen molar-refractivity contribution in [2.24, 2.45) is 0 Å². The first-order chi connectivity index (χ1) is 9.65. The van der Waals surface area contributed by atoms with Crippen LogP contribution in [0.2, 0.25) is 4.34 Å². The Balaban J connectivity index is 1.80. The van der Waals surface area contributed by atoms with Crippen molar-refractivity contribution in [3.05, 3.63) is 55.1 Å². The lowest BCUT2D eigenvalue weighted by Crippen LogP contribution is -2.27.